The van der Waals surface area contributed by atoms with E-state index in [2.05, 4.69) is 10.3 Å². The zero-order chi connectivity index (χ0) is 13.2. The Morgan fingerprint density at radius 3 is 2.95 bits per heavy atom. The minimum atomic E-state index is -0.234. The highest BCUT2D eigenvalue weighted by molar-refractivity contribution is 7.15. The Morgan fingerprint density at radius 2 is 2.16 bits per heavy atom. The molecule has 1 aliphatic rings. The number of carbonyl (C=O) groups excluding carboxylic acids is 1. The second kappa shape index (κ2) is 5.01. The average Bonchev–Trinajstić information content (AvgIpc) is 2.80. The lowest BCUT2D eigenvalue weighted by molar-refractivity contribution is 0.102. The van der Waals surface area contributed by atoms with E-state index in [-0.39, 0.29) is 11.7 Å². The van der Waals surface area contributed by atoms with Gasteiger partial charge in [0.05, 0.1) is 5.69 Å². The third-order valence-corrected chi connectivity index (χ3v) is 4.25. The van der Waals surface area contributed by atoms with E-state index in [4.69, 9.17) is 0 Å². The van der Waals surface area contributed by atoms with Crippen LogP contribution >= 0.6 is 11.3 Å². The number of anilines is 1. The maximum absolute atomic E-state index is 12.0. The van der Waals surface area contributed by atoms with Gasteiger partial charge in [0.2, 0.25) is 0 Å². The fourth-order valence-corrected chi connectivity index (χ4v) is 3.27. The Bertz CT molecular complexity index is 598. The number of rotatable bonds is 2. The zero-order valence-corrected chi connectivity index (χ0v) is 11.2. The molecule has 1 amide bonds. The number of nitrogens with one attached hydrogen (secondary N) is 1. The molecule has 1 heterocycles. The molecule has 0 bridgehead atoms. The van der Waals surface area contributed by atoms with Crippen LogP contribution in [0.2, 0.25) is 0 Å². The summed E-state index contributed by atoms with van der Waals surface area (Å²) in [6.45, 7) is 0. The first-order valence-corrected chi connectivity index (χ1v) is 7.13. The zero-order valence-electron chi connectivity index (χ0n) is 10.3. The van der Waals surface area contributed by atoms with Crippen LogP contribution in [0, 0.1) is 0 Å². The van der Waals surface area contributed by atoms with Crippen molar-refractivity contribution in [1.29, 1.82) is 0 Å². The Balaban J connectivity index is 1.77. The summed E-state index contributed by atoms with van der Waals surface area (Å²) in [6, 6.07) is 6.31. The van der Waals surface area contributed by atoms with E-state index in [1.54, 1.807) is 29.5 Å². The minimum absolute atomic E-state index is 0.0890. The molecule has 19 heavy (non-hydrogen) atoms. The van der Waals surface area contributed by atoms with Crippen molar-refractivity contribution >= 4 is 22.4 Å². The molecule has 0 unspecified atom stereocenters. The van der Waals surface area contributed by atoms with Gasteiger partial charge < -0.3 is 5.11 Å². The van der Waals surface area contributed by atoms with E-state index in [9.17, 15) is 9.90 Å². The molecule has 0 fully saturated rings. The largest absolute Gasteiger partial charge is 0.508 e. The van der Waals surface area contributed by atoms with Crippen molar-refractivity contribution < 1.29 is 9.90 Å². The number of fused-ring (bicyclic) bond motifs is 1. The van der Waals surface area contributed by atoms with E-state index in [0.717, 1.165) is 18.5 Å². The molecule has 1 aromatic carbocycles. The van der Waals surface area contributed by atoms with Crippen molar-refractivity contribution in [2.75, 3.05) is 5.32 Å². The first kappa shape index (κ1) is 12.2. The number of aromatic hydroxyl groups is 1. The second-order valence-corrected chi connectivity index (χ2v) is 5.68. The SMILES string of the molecule is O=C(Nc1nc2c(s1)CCCC2)c1cccc(O)c1. The third-order valence-electron chi connectivity index (χ3n) is 3.17. The van der Waals surface area contributed by atoms with Crippen LogP contribution in [-0.4, -0.2) is 16.0 Å². The van der Waals surface area contributed by atoms with Gasteiger partial charge in [0, 0.05) is 10.4 Å². The maximum Gasteiger partial charge on any atom is 0.257 e. The topological polar surface area (TPSA) is 62.2 Å². The predicted octanol–water partition coefficient (Wildman–Crippen LogP) is 2.98. The van der Waals surface area contributed by atoms with Gasteiger partial charge in [-0.1, -0.05) is 6.07 Å². The summed E-state index contributed by atoms with van der Waals surface area (Å²) in [5, 5.41) is 12.8. The van der Waals surface area contributed by atoms with Crippen molar-refractivity contribution in [2.24, 2.45) is 0 Å². The molecule has 3 rings (SSSR count). The Kier molecular flexibility index (Phi) is 3.21. The van der Waals surface area contributed by atoms with Crippen molar-refractivity contribution in [3.8, 4) is 5.75 Å². The number of aromatic nitrogens is 1. The maximum atomic E-state index is 12.0. The molecular formula is C14H14N2O2S. The fraction of sp³-hybridized carbons (Fsp3) is 0.286. The molecule has 0 saturated heterocycles. The Hall–Kier alpha value is -1.88. The third kappa shape index (κ3) is 2.61. The standard InChI is InChI=1S/C14H14N2O2S/c17-10-5-3-4-9(8-10)13(18)16-14-15-11-6-1-2-7-12(11)19-14/h3-5,8,17H,1-2,6-7H2,(H,15,16,18). The molecule has 0 radical (unpaired) electrons. The molecule has 1 aromatic heterocycles. The van der Waals surface area contributed by atoms with Gasteiger partial charge in [0.25, 0.3) is 5.91 Å². The lowest BCUT2D eigenvalue weighted by atomic mass is 10.0. The summed E-state index contributed by atoms with van der Waals surface area (Å²) in [5.74, 6) is -0.145. The molecule has 4 nitrogen and oxygen atoms in total. The highest BCUT2D eigenvalue weighted by Crippen LogP contribution is 2.29. The van der Waals surface area contributed by atoms with Gasteiger partial charge in [-0.2, -0.15) is 0 Å². The number of hydrogen-bond acceptors (Lipinski definition) is 4. The van der Waals surface area contributed by atoms with Gasteiger partial charge in [-0.05, 0) is 43.9 Å². The summed E-state index contributed by atoms with van der Waals surface area (Å²) < 4.78 is 0. The summed E-state index contributed by atoms with van der Waals surface area (Å²) in [5.41, 5.74) is 1.57. The van der Waals surface area contributed by atoms with Crippen LogP contribution in [-0.2, 0) is 12.8 Å². The first-order chi connectivity index (χ1) is 9.22. The molecule has 0 spiro atoms. The number of carbonyl (C=O) groups is 1. The van der Waals surface area contributed by atoms with Crippen LogP contribution in [0.5, 0.6) is 5.75 Å². The summed E-state index contributed by atoms with van der Waals surface area (Å²) in [7, 11) is 0. The molecule has 5 heteroatoms. The van der Waals surface area contributed by atoms with E-state index in [1.807, 2.05) is 0 Å². The van der Waals surface area contributed by atoms with Crippen LogP contribution in [0.4, 0.5) is 5.13 Å². The first-order valence-electron chi connectivity index (χ1n) is 6.31. The van der Waals surface area contributed by atoms with Gasteiger partial charge in [-0.15, -0.1) is 11.3 Å². The molecule has 2 aromatic rings. The van der Waals surface area contributed by atoms with Gasteiger partial charge >= 0.3 is 0 Å². The number of amides is 1. The van der Waals surface area contributed by atoms with Crippen LogP contribution < -0.4 is 5.32 Å². The highest BCUT2D eigenvalue weighted by atomic mass is 32.1. The molecule has 98 valence electrons. The van der Waals surface area contributed by atoms with Crippen LogP contribution in [0.25, 0.3) is 0 Å². The number of aryl methyl sites for hydroxylation is 2. The summed E-state index contributed by atoms with van der Waals surface area (Å²) in [4.78, 5) is 17.8. The molecule has 0 saturated carbocycles. The van der Waals surface area contributed by atoms with Gasteiger partial charge in [0.15, 0.2) is 5.13 Å². The van der Waals surface area contributed by atoms with Crippen molar-refractivity contribution in [1.82, 2.24) is 4.98 Å². The van der Waals surface area contributed by atoms with Crippen LogP contribution in [0.1, 0.15) is 33.8 Å². The van der Waals surface area contributed by atoms with Gasteiger partial charge in [-0.3, -0.25) is 10.1 Å². The predicted molar refractivity (Wildman–Crippen MR) is 74.8 cm³/mol. The number of thiazole rings is 1. The van der Waals surface area contributed by atoms with Crippen LogP contribution in [0.3, 0.4) is 0 Å². The van der Waals surface area contributed by atoms with Gasteiger partial charge in [0.1, 0.15) is 5.75 Å². The van der Waals surface area contributed by atoms with Gasteiger partial charge in [-0.25, -0.2) is 4.98 Å². The van der Waals surface area contributed by atoms with E-state index >= 15 is 0 Å². The highest BCUT2D eigenvalue weighted by Gasteiger charge is 2.16. The number of phenols is 1. The molecule has 0 atom stereocenters. The molecular weight excluding hydrogens is 260 g/mol. The average molecular weight is 274 g/mol. The molecule has 2 N–H and O–H groups in total. The minimum Gasteiger partial charge on any atom is -0.508 e. The monoisotopic (exact) mass is 274 g/mol. The normalized spacial score (nSPS) is 13.9. The van der Waals surface area contributed by atoms with E-state index in [0.29, 0.717) is 10.7 Å². The fourth-order valence-electron chi connectivity index (χ4n) is 2.22. The number of benzene rings is 1. The Labute approximate surface area is 115 Å². The van der Waals surface area contributed by atoms with Crippen molar-refractivity contribution in [3.63, 3.8) is 0 Å². The molecule has 1 aliphatic carbocycles. The van der Waals surface area contributed by atoms with E-state index < -0.39 is 0 Å². The number of hydrogen-bond donors (Lipinski definition) is 2. The quantitative estimate of drug-likeness (QED) is 0.885. The summed E-state index contributed by atoms with van der Waals surface area (Å²) >= 11 is 1.56. The lowest BCUT2D eigenvalue weighted by Crippen LogP contribution is -2.11. The number of nitrogens with zero attached hydrogens (tertiary/aromatic N) is 1. The Morgan fingerprint density at radius 1 is 1.32 bits per heavy atom. The smallest absolute Gasteiger partial charge is 0.257 e. The molecule has 0 aliphatic heterocycles. The van der Waals surface area contributed by atoms with E-state index in [1.165, 1.54) is 23.8 Å². The van der Waals surface area contributed by atoms with Crippen molar-refractivity contribution in [2.45, 2.75) is 25.7 Å². The second-order valence-electron chi connectivity index (χ2n) is 4.60. The lowest BCUT2D eigenvalue weighted by Gasteiger charge is -2.06. The van der Waals surface area contributed by atoms with Crippen LogP contribution in [0.15, 0.2) is 24.3 Å². The number of phenolic OH excluding ortho intramolecular Hbond substituents is 1. The summed E-state index contributed by atoms with van der Waals surface area (Å²) in [6.07, 6.45) is 4.45. The van der Waals surface area contributed by atoms with Crippen molar-refractivity contribution in [3.05, 3.63) is 40.4 Å².